The zero-order valence-corrected chi connectivity index (χ0v) is 10.2. The Labute approximate surface area is 99.1 Å². The summed E-state index contributed by atoms with van der Waals surface area (Å²) in [6, 6.07) is 3.11. The number of nitrogens with zero attached hydrogens (tertiary/aromatic N) is 1. The molecule has 1 heterocycles. The predicted octanol–water partition coefficient (Wildman–Crippen LogP) is 3.19. The summed E-state index contributed by atoms with van der Waals surface area (Å²) in [6.45, 7) is 0. The predicted molar refractivity (Wildman–Crippen MR) is 56.4 cm³/mol. The van der Waals surface area contributed by atoms with E-state index >= 15 is 0 Å². The molecule has 0 aliphatic rings. The minimum absolute atomic E-state index is 0.329. The van der Waals surface area contributed by atoms with Gasteiger partial charge in [-0.3, -0.25) is 0 Å². The fourth-order valence-corrected chi connectivity index (χ4v) is 1.39. The molecule has 1 rings (SSSR count). The Hall–Kier alpha value is 0.200. The molecule has 0 aliphatic carbocycles. The second kappa shape index (κ2) is 4.15. The minimum atomic E-state index is -4.68. The van der Waals surface area contributed by atoms with Crippen molar-refractivity contribution in [1.82, 2.24) is 4.98 Å². The number of alkyl halides is 3. The van der Waals surface area contributed by atoms with Crippen molar-refractivity contribution in [2.75, 3.05) is 0 Å². The smallest absolute Gasteiger partial charge is 0.387 e. The number of aromatic nitrogens is 1. The number of pyridine rings is 1. The Morgan fingerprint density at radius 1 is 1.23 bits per heavy atom. The first-order valence-corrected chi connectivity index (χ1v) is 5.12. The third-order valence-electron chi connectivity index (χ3n) is 0.992. The number of ether oxygens (including phenoxy) is 1. The van der Waals surface area contributed by atoms with E-state index in [9.17, 15) is 13.2 Å². The molecular formula is C6H2F3I2NO. The van der Waals surface area contributed by atoms with E-state index in [2.05, 4.69) is 9.72 Å². The number of hydrogen-bond acceptors (Lipinski definition) is 2. The van der Waals surface area contributed by atoms with Gasteiger partial charge in [-0.15, -0.1) is 13.2 Å². The molecule has 0 spiro atoms. The van der Waals surface area contributed by atoms with Crippen molar-refractivity contribution < 1.29 is 17.9 Å². The second-order valence-corrected chi connectivity index (χ2v) is 4.24. The molecular weight excluding hydrogens is 413 g/mol. The molecule has 1 aromatic heterocycles. The highest BCUT2D eigenvalue weighted by Gasteiger charge is 2.32. The molecule has 1 aromatic rings. The van der Waals surface area contributed by atoms with Crippen molar-refractivity contribution in [1.29, 1.82) is 0 Å². The molecule has 0 atom stereocenters. The lowest BCUT2D eigenvalue weighted by Crippen LogP contribution is -2.18. The molecule has 13 heavy (non-hydrogen) atoms. The van der Waals surface area contributed by atoms with E-state index in [1.165, 1.54) is 6.07 Å². The van der Waals surface area contributed by atoms with Crippen LogP contribution in [0.4, 0.5) is 13.2 Å². The highest BCUT2D eigenvalue weighted by molar-refractivity contribution is 14.1. The maximum absolute atomic E-state index is 11.8. The Morgan fingerprint density at radius 2 is 1.85 bits per heavy atom. The largest absolute Gasteiger partial charge is 0.574 e. The van der Waals surface area contributed by atoms with Crippen LogP contribution in [0.5, 0.6) is 5.88 Å². The maximum atomic E-state index is 11.8. The van der Waals surface area contributed by atoms with Crippen molar-refractivity contribution in [2.24, 2.45) is 0 Å². The van der Waals surface area contributed by atoms with E-state index in [0.29, 0.717) is 7.27 Å². The average molecular weight is 415 g/mol. The Morgan fingerprint density at radius 3 is 2.38 bits per heavy atom. The van der Waals surface area contributed by atoms with Crippen LogP contribution >= 0.6 is 45.2 Å². The van der Waals surface area contributed by atoms with Crippen molar-refractivity contribution in [3.63, 3.8) is 0 Å². The summed E-state index contributed by atoms with van der Waals surface area (Å²) in [6.07, 6.45) is -4.68. The lowest BCUT2D eigenvalue weighted by Gasteiger charge is -2.08. The lowest BCUT2D eigenvalue weighted by atomic mass is 10.5. The average Bonchev–Trinajstić information content (AvgIpc) is 1.94. The summed E-state index contributed by atoms with van der Waals surface area (Å²) < 4.78 is 39.8. The third-order valence-corrected chi connectivity index (χ3v) is 2.41. The minimum Gasteiger partial charge on any atom is -0.387 e. The van der Waals surface area contributed by atoms with Crippen LogP contribution in [0.15, 0.2) is 12.1 Å². The van der Waals surface area contributed by atoms with Gasteiger partial charge < -0.3 is 4.74 Å². The fraction of sp³-hybridized carbons (Fsp3) is 0.167. The maximum Gasteiger partial charge on any atom is 0.574 e. The van der Waals surface area contributed by atoms with Gasteiger partial charge in [0.15, 0.2) is 0 Å². The van der Waals surface area contributed by atoms with Gasteiger partial charge in [0.2, 0.25) is 5.88 Å². The molecule has 0 saturated carbocycles. The standard InChI is InChI=1S/C6H2F3I2NO/c7-6(8,9)13-5-3(10)1-2-4(11)12-5/h1-2H. The van der Waals surface area contributed by atoms with Crippen LogP contribution in [-0.4, -0.2) is 11.3 Å². The first-order chi connectivity index (χ1) is 5.88. The van der Waals surface area contributed by atoms with E-state index < -0.39 is 12.2 Å². The molecule has 7 heteroatoms. The van der Waals surface area contributed by atoms with Crippen LogP contribution in [0, 0.1) is 7.27 Å². The zero-order valence-electron chi connectivity index (χ0n) is 5.90. The van der Waals surface area contributed by atoms with Crippen LogP contribution in [0.2, 0.25) is 0 Å². The number of halogens is 5. The molecule has 0 aromatic carbocycles. The van der Waals surface area contributed by atoms with E-state index in [4.69, 9.17) is 0 Å². The van der Waals surface area contributed by atoms with Crippen molar-refractivity contribution in [3.05, 3.63) is 19.4 Å². The van der Waals surface area contributed by atoms with Gasteiger partial charge in [0.25, 0.3) is 0 Å². The normalized spacial score (nSPS) is 11.5. The highest BCUT2D eigenvalue weighted by Crippen LogP contribution is 2.25. The van der Waals surface area contributed by atoms with Crippen LogP contribution in [0.25, 0.3) is 0 Å². The van der Waals surface area contributed by atoms with Gasteiger partial charge in [-0.25, -0.2) is 4.98 Å². The van der Waals surface area contributed by atoms with Crippen LogP contribution in [0.3, 0.4) is 0 Å². The Kier molecular flexibility index (Phi) is 3.60. The van der Waals surface area contributed by atoms with Gasteiger partial charge in [-0.1, -0.05) is 0 Å². The van der Waals surface area contributed by atoms with E-state index in [1.54, 1.807) is 28.7 Å². The van der Waals surface area contributed by atoms with Crippen molar-refractivity contribution in [3.8, 4) is 5.88 Å². The second-order valence-electron chi connectivity index (χ2n) is 1.97. The first kappa shape index (κ1) is 11.3. The molecule has 0 N–H and O–H groups in total. The SMILES string of the molecule is FC(F)(F)Oc1nc(I)ccc1I. The quantitative estimate of drug-likeness (QED) is 0.520. The molecule has 0 unspecified atom stereocenters. The summed E-state index contributed by atoms with van der Waals surface area (Å²) in [5.41, 5.74) is 0. The molecule has 0 amide bonds. The molecule has 0 saturated heterocycles. The van der Waals surface area contributed by atoms with Gasteiger partial charge in [-0.05, 0) is 57.3 Å². The van der Waals surface area contributed by atoms with Gasteiger partial charge in [0.05, 0.1) is 3.57 Å². The molecule has 0 bridgehead atoms. The first-order valence-electron chi connectivity index (χ1n) is 2.96. The molecule has 0 radical (unpaired) electrons. The summed E-state index contributed by atoms with van der Waals surface area (Å²) in [5, 5.41) is 0. The van der Waals surface area contributed by atoms with E-state index in [0.717, 1.165) is 0 Å². The summed E-state index contributed by atoms with van der Waals surface area (Å²) in [4.78, 5) is 3.60. The molecule has 0 aliphatic heterocycles. The monoisotopic (exact) mass is 415 g/mol. The van der Waals surface area contributed by atoms with Crippen LogP contribution in [0.1, 0.15) is 0 Å². The molecule has 2 nitrogen and oxygen atoms in total. The van der Waals surface area contributed by atoms with E-state index in [-0.39, 0.29) is 0 Å². The zero-order chi connectivity index (χ0) is 10.1. The molecule has 72 valence electrons. The topological polar surface area (TPSA) is 22.1 Å². The van der Waals surface area contributed by atoms with Crippen molar-refractivity contribution >= 4 is 45.2 Å². The van der Waals surface area contributed by atoms with Gasteiger partial charge in [-0.2, -0.15) is 0 Å². The Balaban J connectivity index is 2.94. The highest BCUT2D eigenvalue weighted by atomic mass is 127. The van der Waals surface area contributed by atoms with Gasteiger partial charge in [0.1, 0.15) is 3.70 Å². The van der Waals surface area contributed by atoms with E-state index in [1.807, 2.05) is 22.6 Å². The van der Waals surface area contributed by atoms with Gasteiger partial charge >= 0.3 is 6.36 Å². The lowest BCUT2D eigenvalue weighted by molar-refractivity contribution is -0.276. The number of hydrogen-bond donors (Lipinski definition) is 0. The van der Waals surface area contributed by atoms with Gasteiger partial charge in [0, 0.05) is 0 Å². The summed E-state index contributed by atoms with van der Waals surface area (Å²) in [7, 11) is 0. The fourth-order valence-electron chi connectivity index (χ4n) is 0.582. The molecule has 0 fully saturated rings. The number of rotatable bonds is 1. The van der Waals surface area contributed by atoms with Crippen LogP contribution < -0.4 is 4.74 Å². The third kappa shape index (κ3) is 3.83. The summed E-state index contributed by atoms with van der Waals surface area (Å²) in [5.74, 6) is -0.403. The summed E-state index contributed by atoms with van der Waals surface area (Å²) >= 11 is 3.54. The Bertz CT molecular complexity index is 315. The van der Waals surface area contributed by atoms with Crippen LogP contribution in [-0.2, 0) is 0 Å². The van der Waals surface area contributed by atoms with Crippen molar-refractivity contribution in [2.45, 2.75) is 6.36 Å².